The van der Waals surface area contributed by atoms with Crippen LogP contribution in [-0.2, 0) is 11.8 Å². The number of carbonyl (C=O) groups is 1. The second kappa shape index (κ2) is 7.70. The van der Waals surface area contributed by atoms with Crippen molar-refractivity contribution >= 4 is 28.7 Å². The van der Waals surface area contributed by atoms with Gasteiger partial charge in [-0.15, -0.1) is 0 Å². The van der Waals surface area contributed by atoms with Gasteiger partial charge in [-0.2, -0.15) is 10.4 Å². The number of nitriles is 1. The number of nitrogens with one attached hydrogen (secondary N) is 1. The van der Waals surface area contributed by atoms with Gasteiger partial charge < -0.3 is 4.74 Å². The molecule has 0 saturated heterocycles. The summed E-state index contributed by atoms with van der Waals surface area (Å²) in [5.74, 6) is 1.12. The number of aryl methyl sites for hydroxylation is 1. The lowest BCUT2D eigenvalue weighted by Crippen LogP contribution is -2.27. The van der Waals surface area contributed by atoms with Crippen LogP contribution in [0.2, 0.25) is 0 Å². The first kappa shape index (κ1) is 18.0. The van der Waals surface area contributed by atoms with E-state index in [1.54, 1.807) is 47.3 Å². The standard InChI is InChI=1S/C21H16N6O2/c1-26-21-7-4-18(10-15(21)13-24-26)27(14-28)25-16-2-5-19(6-3-16)29-20-8-9-23-17(11-20)12-22/h2-11,13-14,25H,1H3. The van der Waals surface area contributed by atoms with Crippen molar-refractivity contribution in [1.82, 2.24) is 14.8 Å². The molecule has 0 spiro atoms. The molecule has 4 rings (SSSR count). The monoisotopic (exact) mass is 384 g/mol. The predicted octanol–water partition coefficient (Wildman–Crippen LogP) is 3.62. The molecule has 0 radical (unpaired) electrons. The highest BCUT2D eigenvalue weighted by atomic mass is 16.5. The van der Waals surface area contributed by atoms with Gasteiger partial charge in [-0.3, -0.25) is 14.9 Å². The largest absolute Gasteiger partial charge is 0.457 e. The van der Waals surface area contributed by atoms with Crippen LogP contribution in [0.15, 0.2) is 67.0 Å². The van der Waals surface area contributed by atoms with Crippen molar-refractivity contribution in [2.24, 2.45) is 7.05 Å². The van der Waals surface area contributed by atoms with Crippen molar-refractivity contribution < 1.29 is 9.53 Å². The maximum absolute atomic E-state index is 11.6. The number of rotatable bonds is 6. The van der Waals surface area contributed by atoms with Crippen LogP contribution in [0.3, 0.4) is 0 Å². The average molecular weight is 384 g/mol. The molecule has 2 aromatic heterocycles. The van der Waals surface area contributed by atoms with Gasteiger partial charge in [-0.25, -0.2) is 9.99 Å². The molecule has 0 atom stereocenters. The smallest absolute Gasteiger partial charge is 0.232 e. The van der Waals surface area contributed by atoms with E-state index in [4.69, 9.17) is 10.00 Å². The molecular weight excluding hydrogens is 368 g/mol. The highest BCUT2D eigenvalue weighted by Gasteiger charge is 2.09. The summed E-state index contributed by atoms with van der Waals surface area (Å²) in [5.41, 5.74) is 5.73. The minimum atomic E-state index is 0.285. The maximum atomic E-state index is 11.6. The van der Waals surface area contributed by atoms with Gasteiger partial charge in [-0.05, 0) is 48.5 Å². The van der Waals surface area contributed by atoms with Crippen LogP contribution >= 0.6 is 0 Å². The Morgan fingerprint density at radius 1 is 1.14 bits per heavy atom. The maximum Gasteiger partial charge on any atom is 0.232 e. The van der Waals surface area contributed by atoms with E-state index >= 15 is 0 Å². The van der Waals surface area contributed by atoms with Gasteiger partial charge in [0.2, 0.25) is 6.41 Å². The van der Waals surface area contributed by atoms with Gasteiger partial charge in [0, 0.05) is 24.7 Å². The Morgan fingerprint density at radius 2 is 1.97 bits per heavy atom. The first-order valence-corrected chi connectivity index (χ1v) is 8.73. The van der Waals surface area contributed by atoms with Crippen LogP contribution in [0.5, 0.6) is 11.5 Å². The van der Waals surface area contributed by atoms with E-state index < -0.39 is 0 Å². The number of hydrogen-bond donors (Lipinski definition) is 1. The summed E-state index contributed by atoms with van der Waals surface area (Å²) in [4.78, 5) is 15.5. The molecule has 0 bridgehead atoms. The van der Waals surface area contributed by atoms with Crippen molar-refractivity contribution in [3.05, 3.63) is 72.7 Å². The molecule has 0 aliphatic heterocycles. The Hall–Kier alpha value is -4.38. The topological polar surface area (TPSA) is 96.1 Å². The predicted molar refractivity (Wildman–Crippen MR) is 108 cm³/mol. The van der Waals surface area contributed by atoms with E-state index in [0.29, 0.717) is 29.3 Å². The Morgan fingerprint density at radius 3 is 2.72 bits per heavy atom. The van der Waals surface area contributed by atoms with E-state index in [-0.39, 0.29) is 5.69 Å². The minimum absolute atomic E-state index is 0.285. The Bertz CT molecular complexity index is 1210. The molecule has 0 aliphatic rings. The number of anilines is 2. The summed E-state index contributed by atoms with van der Waals surface area (Å²) in [7, 11) is 1.87. The summed E-state index contributed by atoms with van der Waals surface area (Å²) in [6.07, 6.45) is 3.98. The van der Waals surface area contributed by atoms with Gasteiger partial charge in [0.1, 0.15) is 23.3 Å². The molecule has 1 amide bonds. The van der Waals surface area contributed by atoms with Crippen molar-refractivity contribution in [1.29, 1.82) is 5.26 Å². The molecular formula is C21H16N6O2. The molecule has 2 heterocycles. The zero-order valence-electron chi connectivity index (χ0n) is 15.5. The highest BCUT2D eigenvalue weighted by Crippen LogP contribution is 2.25. The lowest BCUT2D eigenvalue weighted by atomic mass is 10.2. The van der Waals surface area contributed by atoms with Crippen LogP contribution in [-0.4, -0.2) is 21.2 Å². The van der Waals surface area contributed by atoms with Crippen LogP contribution in [0.1, 0.15) is 5.69 Å². The van der Waals surface area contributed by atoms with Gasteiger partial charge >= 0.3 is 0 Å². The lowest BCUT2D eigenvalue weighted by molar-refractivity contribution is -0.107. The number of benzene rings is 2. The van der Waals surface area contributed by atoms with Crippen LogP contribution < -0.4 is 15.2 Å². The number of nitrogens with zero attached hydrogens (tertiary/aromatic N) is 5. The molecule has 2 aromatic carbocycles. The van der Waals surface area contributed by atoms with Crippen molar-refractivity contribution in [3.8, 4) is 17.6 Å². The summed E-state index contributed by atoms with van der Waals surface area (Å²) in [6.45, 7) is 0. The van der Waals surface area contributed by atoms with E-state index in [9.17, 15) is 4.79 Å². The van der Waals surface area contributed by atoms with E-state index in [1.165, 1.54) is 11.2 Å². The van der Waals surface area contributed by atoms with Gasteiger partial charge in [0.25, 0.3) is 0 Å². The quantitative estimate of drug-likeness (QED) is 0.403. The molecule has 8 nitrogen and oxygen atoms in total. The summed E-state index contributed by atoms with van der Waals surface area (Å²) in [6, 6.07) is 18.0. The normalized spacial score (nSPS) is 10.3. The van der Waals surface area contributed by atoms with E-state index in [2.05, 4.69) is 15.5 Å². The third-order valence-corrected chi connectivity index (χ3v) is 4.30. The molecule has 4 aromatic rings. The fourth-order valence-corrected chi connectivity index (χ4v) is 2.86. The van der Waals surface area contributed by atoms with Crippen molar-refractivity contribution in [3.63, 3.8) is 0 Å². The number of aromatic nitrogens is 3. The van der Waals surface area contributed by atoms with Crippen LogP contribution in [0.25, 0.3) is 10.9 Å². The van der Waals surface area contributed by atoms with Crippen LogP contribution in [0.4, 0.5) is 11.4 Å². The molecule has 1 N–H and O–H groups in total. The molecule has 0 saturated carbocycles. The van der Waals surface area contributed by atoms with Gasteiger partial charge in [-0.1, -0.05) is 0 Å². The fraction of sp³-hybridized carbons (Fsp3) is 0.0476. The molecule has 142 valence electrons. The number of hydrazine groups is 1. The number of fused-ring (bicyclic) bond motifs is 1. The number of pyridine rings is 1. The molecule has 0 fully saturated rings. The highest BCUT2D eigenvalue weighted by molar-refractivity contribution is 5.87. The number of ether oxygens (including phenoxy) is 1. The third kappa shape index (κ3) is 3.84. The third-order valence-electron chi connectivity index (χ3n) is 4.30. The number of hydrogen-bond acceptors (Lipinski definition) is 6. The molecule has 0 unspecified atom stereocenters. The summed E-state index contributed by atoms with van der Waals surface area (Å²) >= 11 is 0. The van der Waals surface area contributed by atoms with Gasteiger partial charge in [0.15, 0.2) is 0 Å². The molecule has 8 heteroatoms. The summed E-state index contributed by atoms with van der Waals surface area (Å²) < 4.78 is 7.51. The Balaban J connectivity index is 1.49. The molecule has 0 aliphatic carbocycles. The Labute approximate surface area is 166 Å². The SMILES string of the molecule is Cn1ncc2cc(N(C=O)Nc3ccc(Oc4ccnc(C#N)c4)cc3)ccc21. The lowest BCUT2D eigenvalue weighted by Gasteiger charge is -2.20. The first-order chi connectivity index (χ1) is 14.2. The Kier molecular flexibility index (Phi) is 4.78. The summed E-state index contributed by atoms with van der Waals surface area (Å²) in [5, 5.41) is 15.5. The number of carbonyl (C=O) groups excluding carboxylic acids is 1. The van der Waals surface area contributed by atoms with Gasteiger partial charge in [0.05, 0.1) is 23.1 Å². The number of amides is 1. The van der Waals surface area contributed by atoms with Crippen LogP contribution in [0, 0.1) is 11.3 Å². The van der Waals surface area contributed by atoms with E-state index in [1.807, 2.05) is 31.3 Å². The zero-order chi connectivity index (χ0) is 20.2. The van der Waals surface area contributed by atoms with Crippen molar-refractivity contribution in [2.75, 3.05) is 10.4 Å². The fourth-order valence-electron chi connectivity index (χ4n) is 2.86. The minimum Gasteiger partial charge on any atom is -0.457 e. The second-order valence-electron chi connectivity index (χ2n) is 6.21. The zero-order valence-corrected chi connectivity index (χ0v) is 15.5. The second-order valence-corrected chi connectivity index (χ2v) is 6.21. The average Bonchev–Trinajstić information content (AvgIpc) is 3.13. The van der Waals surface area contributed by atoms with E-state index in [0.717, 1.165) is 10.9 Å². The first-order valence-electron chi connectivity index (χ1n) is 8.73. The van der Waals surface area contributed by atoms with Crippen molar-refractivity contribution in [2.45, 2.75) is 0 Å². The molecule has 29 heavy (non-hydrogen) atoms.